The number of hydrogen-bond acceptors (Lipinski definition) is 5. The van der Waals surface area contributed by atoms with Crippen molar-refractivity contribution in [2.45, 2.75) is 0 Å². The molecule has 4 rings (SSSR count). The highest BCUT2D eigenvalue weighted by atomic mass is 127. The summed E-state index contributed by atoms with van der Waals surface area (Å²) in [4.78, 5) is 16.7. The zero-order chi connectivity index (χ0) is 22.5. The van der Waals surface area contributed by atoms with Gasteiger partial charge in [-0.2, -0.15) is 0 Å². The summed E-state index contributed by atoms with van der Waals surface area (Å²) in [7, 11) is 3.20. The first-order chi connectivity index (χ1) is 15.6. The number of methoxy groups -OCH3 is 2. The highest BCUT2D eigenvalue weighted by Crippen LogP contribution is 2.35. The number of anilines is 4. The molecule has 2 amide bonds. The topological polar surface area (TPSA) is 84.5 Å². The molecule has 0 bridgehead atoms. The quantitative estimate of drug-likeness (QED) is 0.252. The van der Waals surface area contributed by atoms with Gasteiger partial charge in [0.05, 0.1) is 19.7 Å². The van der Waals surface area contributed by atoms with E-state index in [1.807, 2.05) is 66.7 Å². The molecule has 0 aliphatic heterocycles. The number of carbonyl (C=O) groups excluding carboxylic acids is 1. The monoisotopic (exact) mass is 540 g/mol. The molecule has 0 aliphatic rings. The van der Waals surface area contributed by atoms with Crippen molar-refractivity contribution in [2.75, 3.05) is 30.2 Å². The highest BCUT2D eigenvalue weighted by Gasteiger charge is 2.10. The van der Waals surface area contributed by atoms with Crippen LogP contribution in [0.15, 0.2) is 72.9 Å². The van der Waals surface area contributed by atoms with Crippen molar-refractivity contribution in [3.05, 3.63) is 76.5 Å². The van der Waals surface area contributed by atoms with E-state index in [0.29, 0.717) is 17.2 Å². The minimum absolute atomic E-state index is 0.298. The maximum Gasteiger partial charge on any atom is 0.323 e. The van der Waals surface area contributed by atoms with Gasteiger partial charge in [-0.05, 0) is 83.3 Å². The van der Waals surface area contributed by atoms with Gasteiger partial charge in [0.1, 0.15) is 0 Å². The highest BCUT2D eigenvalue weighted by molar-refractivity contribution is 14.1. The fraction of sp³-hybridized carbons (Fsp3) is 0.0833. The molecule has 3 N–H and O–H groups in total. The van der Waals surface area contributed by atoms with Crippen LogP contribution in [-0.4, -0.2) is 25.2 Å². The lowest BCUT2D eigenvalue weighted by Gasteiger charge is -2.13. The molecule has 1 heterocycles. The number of benzene rings is 3. The summed E-state index contributed by atoms with van der Waals surface area (Å²) in [5.41, 5.74) is 3.96. The molecule has 0 spiro atoms. The summed E-state index contributed by atoms with van der Waals surface area (Å²) in [5.74, 6) is 1.26. The SMILES string of the molecule is COc1cc2nccc(Nc3ccc(NC(=O)Nc4ccc(I)cc4)cc3)c2cc1OC. The van der Waals surface area contributed by atoms with Crippen molar-refractivity contribution in [1.29, 1.82) is 0 Å². The van der Waals surface area contributed by atoms with Gasteiger partial charge in [-0.25, -0.2) is 4.79 Å². The summed E-state index contributed by atoms with van der Waals surface area (Å²) in [5, 5.41) is 9.95. The molecule has 0 fully saturated rings. The Balaban J connectivity index is 1.47. The van der Waals surface area contributed by atoms with Gasteiger partial charge in [0, 0.05) is 44.0 Å². The van der Waals surface area contributed by atoms with Crippen LogP contribution in [0.25, 0.3) is 10.9 Å². The fourth-order valence-corrected chi connectivity index (χ4v) is 3.56. The van der Waals surface area contributed by atoms with E-state index in [9.17, 15) is 4.79 Å². The molecule has 0 saturated heterocycles. The van der Waals surface area contributed by atoms with E-state index in [4.69, 9.17) is 9.47 Å². The van der Waals surface area contributed by atoms with Gasteiger partial charge in [-0.15, -0.1) is 0 Å². The molecule has 162 valence electrons. The van der Waals surface area contributed by atoms with E-state index >= 15 is 0 Å². The molecule has 8 heteroatoms. The van der Waals surface area contributed by atoms with Crippen molar-refractivity contribution in [2.24, 2.45) is 0 Å². The summed E-state index contributed by atoms with van der Waals surface area (Å²) in [6.45, 7) is 0. The number of amides is 2. The zero-order valence-electron chi connectivity index (χ0n) is 17.5. The van der Waals surface area contributed by atoms with Gasteiger partial charge in [-0.3, -0.25) is 4.98 Å². The van der Waals surface area contributed by atoms with Gasteiger partial charge in [0.2, 0.25) is 0 Å². The number of rotatable bonds is 6. The fourth-order valence-electron chi connectivity index (χ4n) is 3.20. The first kappa shape index (κ1) is 21.7. The van der Waals surface area contributed by atoms with Gasteiger partial charge in [0.15, 0.2) is 11.5 Å². The summed E-state index contributed by atoms with van der Waals surface area (Å²) in [6.07, 6.45) is 1.74. The number of nitrogens with one attached hydrogen (secondary N) is 3. The number of carbonyl (C=O) groups is 1. The average molecular weight is 540 g/mol. The molecule has 1 aromatic heterocycles. The molecule has 0 unspecified atom stereocenters. The van der Waals surface area contributed by atoms with Gasteiger partial charge in [0.25, 0.3) is 0 Å². The predicted molar refractivity (Wildman–Crippen MR) is 136 cm³/mol. The van der Waals surface area contributed by atoms with Gasteiger partial charge < -0.3 is 25.4 Å². The lowest BCUT2D eigenvalue weighted by Crippen LogP contribution is -2.19. The van der Waals surface area contributed by atoms with Gasteiger partial charge in [-0.1, -0.05) is 0 Å². The summed E-state index contributed by atoms with van der Waals surface area (Å²) < 4.78 is 11.9. The number of fused-ring (bicyclic) bond motifs is 1. The molecule has 0 radical (unpaired) electrons. The summed E-state index contributed by atoms with van der Waals surface area (Å²) >= 11 is 2.22. The van der Waals surface area contributed by atoms with Crippen LogP contribution in [-0.2, 0) is 0 Å². The second-order valence-electron chi connectivity index (χ2n) is 6.87. The van der Waals surface area contributed by atoms with Crippen LogP contribution in [0.4, 0.5) is 27.5 Å². The van der Waals surface area contributed by atoms with E-state index in [0.717, 1.165) is 31.5 Å². The lowest BCUT2D eigenvalue weighted by atomic mass is 10.1. The van der Waals surface area contributed by atoms with Crippen molar-refractivity contribution in [1.82, 2.24) is 4.98 Å². The number of urea groups is 1. The molecule has 7 nitrogen and oxygen atoms in total. The third kappa shape index (κ3) is 5.02. The Morgan fingerprint density at radius 1 is 0.812 bits per heavy atom. The Labute approximate surface area is 199 Å². The van der Waals surface area contributed by atoms with Crippen LogP contribution in [0.5, 0.6) is 11.5 Å². The number of nitrogens with zero attached hydrogens (tertiary/aromatic N) is 1. The molecule has 4 aromatic rings. The van der Waals surface area contributed by atoms with Crippen molar-refractivity contribution in [3.8, 4) is 11.5 Å². The van der Waals surface area contributed by atoms with Crippen molar-refractivity contribution < 1.29 is 14.3 Å². The maximum atomic E-state index is 12.2. The van der Waals surface area contributed by atoms with Crippen LogP contribution in [0.2, 0.25) is 0 Å². The first-order valence-electron chi connectivity index (χ1n) is 9.77. The minimum atomic E-state index is -0.298. The van der Waals surface area contributed by atoms with Crippen molar-refractivity contribution >= 4 is 62.3 Å². The molecule has 3 aromatic carbocycles. The Morgan fingerprint density at radius 2 is 1.38 bits per heavy atom. The largest absolute Gasteiger partial charge is 0.493 e. The van der Waals surface area contributed by atoms with Crippen LogP contribution >= 0.6 is 22.6 Å². The van der Waals surface area contributed by atoms with Crippen molar-refractivity contribution in [3.63, 3.8) is 0 Å². The van der Waals surface area contributed by atoms with Crippen LogP contribution in [0.1, 0.15) is 0 Å². The maximum absolute atomic E-state index is 12.2. The number of pyridine rings is 1. The molecule has 0 atom stereocenters. The van der Waals surface area contributed by atoms with Crippen LogP contribution in [0.3, 0.4) is 0 Å². The van der Waals surface area contributed by atoms with Crippen LogP contribution in [0, 0.1) is 3.57 Å². The lowest BCUT2D eigenvalue weighted by molar-refractivity contribution is 0.262. The second kappa shape index (κ2) is 9.73. The standard InChI is InChI=1S/C24H21IN4O3/c1-31-22-13-19-20(11-12-26-21(19)14-23(22)32-2)27-16-7-9-18(10-8-16)29-24(30)28-17-5-3-15(25)4-6-17/h3-14H,1-2H3,(H,26,27)(H2,28,29,30). The molecule has 0 saturated carbocycles. The van der Waals surface area contributed by atoms with Gasteiger partial charge >= 0.3 is 6.03 Å². The predicted octanol–water partition coefficient (Wildman–Crippen LogP) is 6.24. The third-order valence-corrected chi connectivity index (χ3v) is 5.49. The molecular formula is C24H21IN4O3. The molecule has 32 heavy (non-hydrogen) atoms. The Kier molecular flexibility index (Phi) is 6.60. The molecular weight excluding hydrogens is 519 g/mol. The smallest absolute Gasteiger partial charge is 0.323 e. The van der Waals surface area contributed by atoms with E-state index in [-0.39, 0.29) is 6.03 Å². The number of halogens is 1. The second-order valence-corrected chi connectivity index (χ2v) is 8.12. The summed E-state index contributed by atoms with van der Waals surface area (Å²) in [6, 6.07) is 20.4. The first-order valence-corrected chi connectivity index (χ1v) is 10.8. The van der Waals surface area contributed by atoms with E-state index in [1.165, 1.54) is 0 Å². The van der Waals surface area contributed by atoms with E-state index in [1.54, 1.807) is 20.4 Å². The third-order valence-electron chi connectivity index (χ3n) is 4.77. The van der Waals surface area contributed by atoms with E-state index < -0.39 is 0 Å². The number of aromatic nitrogens is 1. The number of ether oxygens (including phenoxy) is 2. The molecule has 0 aliphatic carbocycles. The average Bonchev–Trinajstić information content (AvgIpc) is 2.81. The zero-order valence-corrected chi connectivity index (χ0v) is 19.6. The normalized spacial score (nSPS) is 10.5. The Hall–Kier alpha value is -3.53. The Morgan fingerprint density at radius 3 is 2.00 bits per heavy atom. The number of hydrogen-bond donors (Lipinski definition) is 3. The Bertz CT molecular complexity index is 1240. The minimum Gasteiger partial charge on any atom is -0.493 e. The van der Waals surface area contributed by atoms with Crippen LogP contribution < -0.4 is 25.4 Å². The van der Waals surface area contributed by atoms with E-state index in [2.05, 4.69) is 43.5 Å².